The van der Waals surface area contributed by atoms with E-state index in [1.165, 1.54) is 0 Å². The number of halogens is 1. The minimum absolute atomic E-state index is 0.00101. The first-order valence-corrected chi connectivity index (χ1v) is 9.67. The van der Waals surface area contributed by atoms with Crippen LogP contribution in [0.3, 0.4) is 0 Å². The van der Waals surface area contributed by atoms with Crippen molar-refractivity contribution < 1.29 is 4.79 Å². The van der Waals surface area contributed by atoms with Crippen LogP contribution < -0.4 is 0 Å². The summed E-state index contributed by atoms with van der Waals surface area (Å²) in [6, 6.07) is 10.7. The molecule has 1 fully saturated rings. The van der Waals surface area contributed by atoms with E-state index >= 15 is 0 Å². The zero-order valence-electron chi connectivity index (χ0n) is 13.0. The van der Waals surface area contributed by atoms with Crippen molar-refractivity contribution in [2.24, 2.45) is 0 Å². The molecule has 0 bridgehead atoms. The number of carbonyl (C=O) groups is 1. The summed E-state index contributed by atoms with van der Waals surface area (Å²) < 4.78 is 0. The predicted molar refractivity (Wildman–Crippen MR) is 104 cm³/mol. The summed E-state index contributed by atoms with van der Waals surface area (Å²) >= 11 is 13.6. The average molecular weight is 377 g/mol. The van der Waals surface area contributed by atoms with Crippen molar-refractivity contribution in [1.82, 2.24) is 9.88 Å². The number of aromatic nitrogens is 1. The Morgan fingerprint density at radius 1 is 1.12 bits per heavy atom. The van der Waals surface area contributed by atoms with Gasteiger partial charge in [-0.05, 0) is 42.0 Å². The van der Waals surface area contributed by atoms with Gasteiger partial charge in [-0.2, -0.15) is 11.8 Å². The highest BCUT2D eigenvalue weighted by Gasteiger charge is 2.30. The number of thioether (sulfide) groups is 1. The van der Waals surface area contributed by atoms with E-state index in [1.807, 2.05) is 23.9 Å². The number of ketones is 1. The average Bonchev–Trinajstić information content (AvgIpc) is 2.64. The van der Waals surface area contributed by atoms with Crippen LogP contribution in [0.25, 0.3) is 0 Å². The molecule has 0 aliphatic carbocycles. The molecule has 0 amide bonds. The third kappa shape index (κ3) is 3.97. The Bertz CT molecular complexity index is 716. The highest BCUT2D eigenvalue weighted by molar-refractivity contribution is 7.99. The van der Waals surface area contributed by atoms with Gasteiger partial charge in [0.05, 0.1) is 10.9 Å². The van der Waals surface area contributed by atoms with Gasteiger partial charge in [0, 0.05) is 47.6 Å². The number of hydrogen-bond acceptors (Lipinski definition) is 4. The number of nitrogens with zero attached hydrogens (tertiary/aromatic N) is 2. The molecule has 0 saturated carbocycles. The molecular weight excluding hydrogens is 360 g/mol. The SMILES string of the molecule is O=C(c1ccc(Cl)cc1)C(C(=S)N1CCSCC1)c1ccncc1. The molecule has 2 aromatic rings. The smallest absolute Gasteiger partial charge is 0.177 e. The summed E-state index contributed by atoms with van der Waals surface area (Å²) in [5, 5.41) is 0.614. The topological polar surface area (TPSA) is 33.2 Å². The zero-order chi connectivity index (χ0) is 16.9. The molecular formula is C18H17ClN2OS2. The van der Waals surface area contributed by atoms with Crippen LogP contribution in [0.1, 0.15) is 21.8 Å². The summed E-state index contributed by atoms with van der Waals surface area (Å²) in [7, 11) is 0. The molecule has 3 nitrogen and oxygen atoms in total. The van der Waals surface area contributed by atoms with E-state index in [2.05, 4.69) is 9.88 Å². The van der Waals surface area contributed by atoms with Gasteiger partial charge in [0.2, 0.25) is 0 Å². The lowest BCUT2D eigenvalue weighted by Crippen LogP contribution is -2.41. The van der Waals surface area contributed by atoms with Crippen LogP contribution in [-0.2, 0) is 0 Å². The van der Waals surface area contributed by atoms with Crippen molar-refractivity contribution in [3.05, 3.63) is 64.9 Å². The second-order valence-electron chi connectivity index (χ2n) is 5.52. The Morgan fingerprint density at radius 3 is 2.38 bits per heavy atom. The quantitative estimate of drug-likeness (QED) is 0.593. The van der Waals surface area contributed by atoms with E-state index in [0.29, 0.717) is 15.6 Å². The van der Waals surface area contributed by atoms with Gasteiger partial charge in [-0.25, -0.2) is 0 Å². The molecule has 6 heteroatoms. The first-order valence-electron chi connectivity index (χ1n) is 7.73. The van der Waals surface area contributed by atoms with Gasteiger partial charge < -0.3 is 4.90 Å². The van der Waals surface area contributed by atoms with Crippen LogP contribution >= 0.6 is 35.6 Å². The van der Waals surface area contributed by atoms with Gasteiger partial charge in [-0.15, -0.1) is 0 Å². The van der Waals surface area contributed by atoms with Gasteiger partial charge in [-0.1, -0.05) is 23.8 Å². The number of Topliss-reactive ketones (excluding diaryl/α,β-unsaturated/α-hetero) is 1. The Morgan fingerprint density at radius 2 is 1.75 bits per heavy atom. The monoisotopic (exact) mass is 376 g/mol. The van der Waals surface area contributed by atoms with Crippen molar-refractivity contribution in [2.45, 2.75) is 5.92 Å². The van der Waals surface area contributed by atoms with Crippen LogP contribution in [0.2, 0.25) is 5.02 Å². The highest BCUT2D eigenvalue weighted by atomic mass is 35.5. The van der Waals surface area contributed by atoms with Crippen LogP contribution in [0, 0.1) is 0 Å². The van der Waals surface area contributed by atoms with Crippen LogP contribution in [0.4, 0.5) is 0 Å². The van der Waals surface area contributed by atoms with Crippen molar-refractivity contribution in [3.8, 4) is 0 Å². The summed E-state index contributed by atoms with van der Waals surface area (Å²) in [5.41, 5.74) is 1.50. The lowest BCUT2D eigenvalue weighted by molar-refractivity contribution is 0.0979. The lowest BCUT2D eigenvalue weighted by Gasteiger charge is -2.32. The largest absolute Gasteiger partial charge is 0.364 e. The molecule has 0 radical (unpaired) electrons. The maximum Gasteiger partial charge on any atom is 0.177 e. The molecule has 0 N–H and O–H groups in total. The van der Waals surface area contributed by atoms with Gasteiger partial charge >= 0.3 is 0 Å². The van der Waals surface area contributed by atoms with E-state index in [4.69, 9.17) is 23.8 Å². The first-order chi connectivity index (χ1) is 11.7. The molecule has 2 heterocycles. The van der Waals surface area contributed by atoms with Crippen molar-refractivity contribution in [3.63, 3.8) is 0 Å². The molecule has 1 aliphatic rings. The van der Waals surface area contributed by atoms with Crippen LogP contribution in [-0.4, -0.2) is 45.3 Å². The summed E-state index contributed by atoms with van der Waals surface area (Å²) in [4.78, 5) is 20.1. The maximum atomic E-state index is 13.2. The van der Waals surface area contributed by atoms with Crippen LogP contribution in [0.15, 0.2) is 48.8 Å². The molecule has 1 aromatic heterocycles. The van der Waals surface area contributed by atoms with Gasteiger partial charge in [0.15, 0.2) is 5.78 Å². The standard InChI is InChI=1S/C18H17ClN2OS2/c19-15-3-1-14(2-4-15)17(22)16(13-5-7-20-8-6-13)18(23)21-9-11-24-12-10-21/h1-8,16H,9-12H2. The third-order valence-electron chi connectivity index (χ3n) is 4.00. The fourth-order valence-corrected chi connectivity index (χ4v) is 4.16. The number of thiocarbonyl (C=S) groups is 1. The van der Waals surface area contributed by atoms with Crippen molar-refractivity contribution in [1.29, 1.82) is 0 Å². The van der Waals surface area contributed by atoms with Crippen LogP contribution in [0.5, 0.6) is 0 Å². The zero-order valence-corrected chi connectivity index (χ0v) is 15.4. The Kier molecular flexibility index (Phi) is 5.87. The fourth-order valence-electron chi connectivity index (χ4n) is 2.71. The maximum absolute atomic E-state index is 13.2. The molecule has 0 spiro atoms. The Balaban J connectivity index is 1.94. The van der Waals surface area contributed by atoms with E-state index < -0.39 is 5.92 Å². The molecule has 1 aromatic carbocycles. The Labute approximate surface area is 156 Å². The van der Waals surface area contributed by atoms with E-state index in [-0.39, 0.29) is 5.78 Å². The molecule has 1 atom stereocenters. The third-order valence-corrected chi connectivity index (χ3v) is 5.69. The molecule has 24 heavy (non-hydrogen) atoms. The molecule has 1 aliphatic heterocycles. The van der Waals surface area contributed by atoms with E-state index in [0.717, 1.165) is 30.2 Å². The summed E-state index contributed by atoms with van der Waals surface area (Å²) in [6.45, 7) is 1.78. The number of rotatable bonds is 4. The minimum atomic E-state index is -0.465. The van der Waals surface area contributed by atoms with Crippen molar-refractivity contribution in [2.75, 3.05) is 24.6 Å². The number of pyridine rings is 1. The number of benzene rings is 1. The summed E-state index contributed by atoms with van der Waals surface area (Å²) in [6.07, 6.45) is 3.40. The van der Waals surface area contributed by atoms with E-state index in [1.54, 1.807) is 36.7 Å². The van der Waals surface area contributed by atoms with E-state index in [9.17, 15) is 4.79 Å². The van der Waals surface area contributed by atoms with Gasteiger partial charge in [0.1, 0.15) is 0 Å². The number of hydrogen-bond donors (Lipinski definition) is 0. The summed E-state index contributed by atoms with van der Waals surface area (Å²) in [5.74, 6) is 1.62. The second-order valence-corrected chi connectivity index (χ2v) is 7.60. The second kappa shape index (κ2) is 8.10. The van der Waals surface area contributed by atoms with Crippen molar-refractivity contribution >= 4 is 46.4 Å². The molecule has 124 valence electrons. The Hall–Kier alpha value is -1.43. The molecule has 1 saturated heterocycles. The normalized spacial score (nSPS) is 15.8. The molecule has 1 unspecified atom stereocenters. The molecule has 3 rings (SSSR count). The first kappa shape index (κ1) is 17.4. The lowest BCUT2D eigenvalue weighted by atomic mass is 9.90. The predicted octanol–water partition coefficient (Wildman–Crippen LogP) is 4.08. The minimum Gasteiger partial charge on any atom is -0.364 e. The number of carbonyl (C=O) groups excluding carboxylic acids is 1. The fraction of sp³-hybridized carbons (Fsp3) is 0.278. The van der Waals surface area contributed by atoms with Gasteiger partial charge in [0.25, 0.3) is 0 Å². The highest BCUT2D eigenvalue weighted by Crippen LogP contribution is 2.26. The van der Waals surface area contributed by atoms with Gasteiger partial charge in [-0.3, -0.25) is 9.78 Å².